The van der Waals surface area contributed by atoms with Crippen LogP contribution in [0.5, 0.6) is 0 Å². The van der Waals surface area contributed by atoms with Gasteiger partial charge in [0.2, 0.25) is 0 Å². The predicted molar refractivity (Wildman–Crippen MR) is 58.5 cm³/mol. The third-order valence-corrected chi connectivity index (χ3v) is 3.11. The summed E-state index contributed by atoms with van der Waals surface area (Å²) in [6.07, 6.45) is 1.07. The van der Waals surface area contributed by atoms with Crippen molar-refractivity contribution >= 4 is 17.2 Å². The van der Waals surface area contributed by atoms with Crippen LogP contribution in [-0.2, 0) is 0 Å². The average molecular weight is 212 g/mol. The highest BCUT2D eigenvalue weighted by Gasteiger charge is 2.15. The maximum absolute atomic E-state index is 11.6. The topological polar surface area (TPSA) is 42.0 Å². The van der Waals surface area contributed by atoms with Gasteiger partial charge in [0.05, 0.1) is 5.51 Å². The Morgan fingerprint density at radius 2 is 2.36 bits per heavy atom. The molecule has 1 heterocycles. The molecule has 1 aromatic rings. The smallest absolute Gasteiger partial charge is 0.270 e. The van der Waals surface area contributed by atoms with E-state index in [2.05, 4.69) is 24.1 Å². The van der Waals surface area contributed by atoms with Crippen molar-refractivity contribution in [2.75, 3.05) is 0 Å². The van der Waals surface area contributed by atoms with Crippen molar-refractivity contribution in [1.82, 2.24) is 10.3 Å². The minimum absolute atomic E-state index is 0.0703. The lowest BCUT2D eigenvalue weighted by Gasteiger charge is -2.19. The number of amides is 1. The SMILES string of the molecule is CCC(C)C(C)NC(=O)c1cscn1. The van der Waals surface area contributed by atoms with Crippen molar-refractivity contribution in [2.45, 2.75) is 33.2 Å². The van der Waals surface area contributed by atoms with Crippen molar-refractivity contribution < 1.29 is 4.79 Å². The van der Waals surface area contributed by atoms with Crippen molar-refractivity contribution in [3.8, 4) is 0 Å². The molecule has 2 unspecified atom stereocenters. The first-order valence-electron chi connectivity index (χ1n) is 4.84. The highest BCUT2D eigenvalue weighted by Crippen LogP contribution is 2.08. The standard InChI is InChI=1S/C10H16N2OS/c1-4-7(2)8(3)12-10(13)9-5-14-6-11-9/h5-8H,4H2,1-3H3,(H,12,13). The molecule has 4 heteroatoms. The second-order valence-corrected chi connectivity index (χ2v) is 4.24. The van der Waals surface area contributed by atoms with Gasteiger partial charge in [0.15, 0.2) is 0 Å². The third-order valence-electron chi connectivity index (χ3n) is 2.52. The Hall–Kier alpha value is -0.900. The molecule has 14 heavy (non-hydrogen) atoms. The van der Waals surface area contributed by atoms with Gasteiger partial charge in [-0.15, -0.1) is 11.3 Å². The minimum atomic E-state index is -0.0703. The third kappa shape index (κ3) is 2.80. The van der Waals surface area contributed by atoms with Gasteiger partial charge in [-0.2, -0.15) is 0 Å². The highest BCUT2D eigenvalue weighted by atomic mass is 32.1. The molecule has 0 saturated carbocycles. The predicted octanol–water partition coefficient (Wildman–Crippen LogP) is 2.31. The van der Waals surface area contributed by atoms with Crippen molar-refractivity contribution in [1.29, 1.82) is 0 Å². The van der Waals surface area contributed by atoms with Gasteiger partial charge >= 0.3 is 0 Å². The molecule has 1 amide bonds. The number of carbonyl (C=O) groups excluding carboxylic acids is 1. The van der Waals surface area contributed by atoms with Gasteiger partial charge in [-0.25, -0.2) is 4.98 Å². The van der Waals surface area contributed by atoms with Gasteiger partial charge in [0, 0.05) is 11.4 Å². The molecule has 0 aromatic carbocycles. The molecule has 0 saturated heterocycles. The average Bonchev–Trinajstić information content (AvgIpc) is 2.69. The van der Waals surface area contributed by atoms with Gasteiger partial charge in [-0.3, -0.25) is 4.79 Å². The van der Waals surface area contributed by atoms with E-state index < -0.39 is 0 Å². The van der Waals surface area contributed by atoms with Gasteiger partial charge in [-0.05, 0) is 12.8 Å². The van der Waals surface area contributed by atoms with Crippen LogP contribution in [0.15, 0.2) is 10.9 Å². The van der Waals surface area contributed by atoms with E-state index in [1.165, 1.54) is 11.3 Å². The molecule has 78 valence electrons. The van der Waals surface area contributed by atoms with E-state index in [1.54, 1.807) is 10.9 Å². The van der Waals surface area contributed by atoms with E-state index in [4.69, 9.17) is 0 Å². The fourth-order valence-corrected chi connectivity index (χ4v) is 1.63. The molecule has 1 aromatic heterocycles. The lowest BCUT2D eigenvalue weighted by atomic mass is 10.0. The number of carbonyl (C=O) groups is 1. The summed E-state index contributed by atoms with van der Waals surface area (Å²) < 4.78 is 0. The first kappa shape index (κ1) is 11.2. The Kier molecular flexibility index (Phi) is 4.07. The molecule has 0 spiro atoms. The van der Waals surface area contributed by atoms with Crippen LogP contribution in [0.1, 0.15) is 37.7 Å². The molecule has 1 rings (SSSR count). The number of thiazole rings is 1. The number of nitrogens with zero attached hydrogens (tertiary/aromatic N) is 1. The van der Waals surface area contributed by atoms with Crippen LogP contribution in [0.4, 0.5) is 0 Å². The van der Waals surface area contributed by atoms with Gasteiger partial charge in [-0.1, -0.05) is 20.3 Å². The molecule has 0 bridgehead atoms. The van der Waals surface area contributed by atoms with Crippen LogP contribution in [0, 0.1) is 5.92 Å². The van der Waals surface area contributed by atoms with E-state index in [-0.39, 0.29) is 11.9 Å². The normalized spacial score (nSPS) is 14.8. The summed E-state index contributed by atoms with van der Waals surface area (Å²) in [6.45, 7) is 6.28. The lowest BCUT2D eigenvalue weighted by Crippen LogP contribution is -2.37. The van der Waals surface area contributed by atoms with Crippen molar-refractivity contribution in [2.24, 2.45) is 5.92 Å². The summed E-state index contributed by atoms with van der Waals surface area (Å²) in [5.41, 5.74) is 2.19. The van der Waals surface area contributed by atoms with Crippen LogP contribution < -0.4 is 5.32 Å². The van der Waals surface area contributed by atoms with Crippen LogP contribution in [-0.4, -0.2) is 16.9 Å². The largest absolute Gasteiger partial charge is 0.348 e. The summed E-state index contributed by atoms with van der Waals surface area (Å²) in [5, 5.41) is 4.70. The monoisotopic (exact) mass is 212 g/mol. The van der Waals surface area contributed by atoms with E-state index in [9.17, 15) is 4.79 Å². The Morgan fingerprint density at radius 3 is 2.86 bits per heavy atom. The van der Waals surface area contributed by atoms with E-state index in [0.29, 0.717) is 11.6 Å². The Morgan fingerprint density at radius 1 is 1.64 bits per heavy atom. The molecular weight excluding hydrogens is 196 g/mol. The Bertz CT molecular complexity index is 284. The maximum Gasteiger partial charge on any atom is 0.270 e. The summed E-state index contributed by atoms with van der Waals surface area (Å²) in [4.78, 5) is 15.5. The zero-order valence-electron chi connectivity index (χ0n) is 8.78. The fourth-order valence-electron chi connectivity index (χ4n) is 1.10. The van der Waals surface area contributed by atoms with Crippen LogP contribution >= 0.6 is 11.3 Å². The van der Waals surface area contributed by atoms with Crippen LogP contribution in [0.2, 0.25) is 0 Å². The summed E-state index contributed by atoms with van der Waals surface area (Å²) >= 11 is 1.44. The summed E-state index contributed by atoms with van der Waals surface area (Å²) in [5.74, 6) is 0.427. The van der Waals surface area contributed by atoms with E-state index in [1.807, 2.05) is 6.92 Å². The number of nitrogens with one attached hydrogen (secondary N) is 1. The summed E-state index contributed by atoms with van der Waals surface area (Å²) in [6, 6.07) is 0.203. The molecule has 0 aliphatic carbocycles. The fraction of sp³-hybridized carbons (Fsp3) is 0.600. The number of hydrogen-bond acceptors (Lipinski definition) is 3. The van der Waals surface area contributed by atoms with Gasteiger partial charge < -0.3 is 5.32 Å². The molecule has 1 N–H and O–H groups in total. The number of hydrogen-bond donors (Lipinski definition) is 1. The molecular formula is C10H16N2OS. The first-order chi connectivity index (χ1) is 6.65. The van der Waals surface area contributed by atoms with Gasteiger partial charge in [0.25, 0.3) is 5.91 Å². The van der Waals surface area contributed by atoms with E-state index >= 15 is 0 Å². The molecule has 0 aliphatic rings. The minimum Gasteiger partial charge on any atom is -0.348 e. The number of rotatable bonds is 4. The maximum atomic E-state index is 11.6. The molecule has 0 radical (unpaired) electrons. The van der Waals surface area contributed by atoms with Crippen molar-refractivity contribution in [3.05, 3.63) is 16.6 Å². The quantitative estimate of drug-likeness (QED) is 0.832. The second kappa shape index (κ2) is 5.10. The van der Waals surface area contributed by atoms with Gasteiger partial charge in [0.1, 0.15) is 5.69 Å². The molecule has 2 atom stereocenters. The molecule has 0 aliphatic heterocycles. The zero-order valence-corrected chi connectivity index (χ0v) is 9.60. The number of aromatic nitrogens is 1. The first-order valence-corrected chi connectivity index (χ1v) is 5.78. The van der Waals surface area contributed by atoms with Crippen LogP contribution in [0.25, 0.3) is 0 Å². The second-order valence-electron chi connectivity index (χ2n) is 3.52. The lowest BCUT2D eigenvalue weighted by molar-refractivity contribution is 0.0924. The van der Waals surface area contributed by atoms with Crippen LogP contribution in [0.3, 0.4) is 0 Å². The summed E-state index contributed by atoms with van der Waals surface area (Å²) in [7, 11) is 0. The Balaban J connectivity index is 2.49. The Labute approximate surface area is 88.6 Å². The highest BCUT2D eigenvalue weighted by molar-refractivity contribution is 7.07. The zero-order chi connectivity index (χ0) is 10.6. The van der Waals surface area contributed by atoms with E-state index in [0.717, 1.165) is 6.42 Å². The molecule has 3 nitrogen and oxygen atoms in total. The van der Waals surface area contributed by atoms with Crippen molar-refractivity contribution in [3.63, 3.8) is 0 Å². The molecule has 0 fully saturated rings.